The van der Waals surface area contributed by atoms with E-state index in [1.54, 1.807) is 14.0 Å². The molecule has 0 spiro atoms. The summed E-state index contributed by atoms with van der Waals surface area (Å²) in [6, 6.07) is 17.4. The minimum atomic E-state index is -0.378. The summed E-state index contributed by atoms with van der Waals surface area (Å²) < 4.78 is 10.4. The van der Waals surface area contributed by atoms with Gasteiger partial charge in [0.15, 0.2) is 5.11 Å². The highest BCUT2D eigenvalue weighted by molar-refractivity contribution is 7.80. The normalized spacial score (nSPS) is 10.3. The first kappa shape index (κ1) is 20.8. The molecule has 1 aromatic heterocycles. The third-order valence-electron chi connectivity index (χ3n) is 4.19. The van der Waals surface area contributed by atoms with Crippen molar-refractivity contribution in [2.24, 2.45) is 0 Å². The van der Waals surface area contributed by atoms with E-state index in [2.05, 4.69) is 10.6 Å². The van der Waals surface area contributed by atoms with Gasteiger partial charge in [-0.25, -0.2) is 4.79 Å². The fraction of sp³-hybridized carbons (Fsp3) is 0.182. The number of ether oxygens (including phenoxy) is 2. The van der Waals surface area contributed by atoms with Crippen molar-refractivity contribution in [1.82, 2.24) is 0 Å². The summed E-state index contributed by atoms with van der Waals surface area (Å²) in [5, 5.41) is 7.37. The molecule has 3 rings (SSSR count). The summed E-state index contributed by atoms with van der Waals surface area (Å²) in [7, 11) is 1.63. The van der Waals surface area contributed by atoms with Gasteiger partial charge < -0.3 is 20.1 Å². The van der Waals surface area contributed by atoms with Gasteiger partial charge in [-0.2, -0.15) is 0 Å². The molecular weight excluding hydrogens is 404 g/mol. The molecule has 29 heavy (non-hydrogen) atoms. The van der Waals surface area contributed by atoms with Gasteiger partial charge in [-0.3, -0.25) is 0 Å². The molecule has 150 valence electrons. The predicted octanol–water partition coefficient (Wildman–Crippen LogP) is 5.72. The number of thiophene rings is 1. The first-order valence-electron chi connectivity index (χ1n) is 9.10. The van der Waals surface area contributed by atoms with Gasteiger partial charge in [-0.05, 0) is 61.5 Å². The Labute approximate surface area is 179 Å². The van der Waals surface area contributed by atoms with Gasteiger partial charge in [0.1, 0.15) is 10.8 Å². The monoisotopic (exact) mass is 426 g/mol. The van der Waals surface area contributed by atoms with Crippen LogP contribution in [0, 0.1) is 6.92 Å². The second-order valence-corrected chi connectivity index (χ2v) is 7.66. The molecule has 0 saturated carbocycles. The van der Waals surface area contributed by atoms with Crippen LogP contribution in [-0.2, 0) is 4.74 Å². The number of aryl methyl sites for hydroxylation is 1. The number of esters is 1. The Hall–Kier alpha value is -2.90. The number of hydrogen-bond donors (Lipinski definition) is 2. The average molecular weight is 427 g/mol. The molecule has 2 N–H and O–H groups in total. The first-order valence-corrected chi connectivity index (χ1v) is 10.3. The lowest BCUT2D eigenvalue weighted by Gasteiger charge is -2.13. The summed E-state index contributed by atoms with van der Waals surface area (Å²) in [6.45, 7) is 4.06. The van der Waals surface area contributed by atoms with Gasteiger partial charge in [0.05, 0.1) is 19.3 Å². The van der Waals surface area contributed by atoms with E-state index >= 15 is 0 Å². The first-order chi connectivity index (χ1) is 14.0. The number of thiocarbonyl (C=S) groups is 1. The Balaban J connectivity index is 1.84. The van der Waals surface area contributed by atoms with Gasteiger partial charge in [0.25, 0.3) is 0 Å². The van der Waals surface area contributed by atoms with Crippen molar-refractivity contribution in [2.75, 3.05) is 24.4 Å². The zero-order chi connectivity index (χ0) is 20.8. The van der Waals surface area contributed by atoms with E-state index in [0.717, 1.165) is 27.4 Å². The summed E-state index contributed by atoms with van der Waals surface area (Å²) in [5.41, 5.74) is 3.35. The van der Waals surface area contributed by atoms with Gasteiger partial charge in [-0.1, -0.05) is 30.3 Å². The lowest BCUT2D eigenvalue weighted by molar-refractivity contribution is 0.0528. The van der Waals surface area contributed by atoms with E-state index in [1.165, 1.54) is 11.3 Å². The van der Waals surface area contributed by atoms with Crippen LogP contribution in [0.1, 0.15) is 22.8 Å². The van der Waals surface area contributed by atoms with E-state index in [-0.39, 0.29) is 5.97 Å². The molecule has 0 atom stereocenters. The molecule has 0 saturated heterocycles. The maximum absolute atomic E-state index is 12.4. The van der Waals surface area contributed by atoms with Gasteiger partial charge in [-0.15, -0.1) is 11.3 Å². The minimum absolute atomic E-state index is 0.308. The Morgan fingerprint density at radius 3 is 2.52 bits per heavy atom. The van der Waals surface area contributed by atoms with Crippen LogP contribution in [0.4, 0.5) is 10.7 Å². The number of anilines is 2. The van der Waals surface area contributed by atoms with Crippen LogP contribution >= 0.6 is 23.6 Å². The molecule has 3 aromatic rings. The van der Waals surface area contributed by atoms with Crippen molar-refractivity contribution in [3.63, 3.8) is 0 Å². The standard InChI is InChI=1S/C22H22N2O3S2/c1-4-27-21(25)17-13-19(15-8-6-5-7-9-15)29-20(17)24-22(28)23-18-11-10-16(26-3)12-14(18)2/h5-13H,4H2,1-3H3,(H2,23,24,28). The van der Waals surface area contributed by atoms with Gasteiger partial charge in [0, 0.05) is 10.6 Å². The van der Waals surface area contributed by atoms with Crippen molar-refractivity contribution >= 4 is 45.3 Å². The van der Waals surface area contributed by atoms with Crippen LogP contribution in [0.15, 0.2) is 54.6 Å². The topological polar surface area (TPSA) is 59.6 Å². The molecule has 0 radical (unpaired) electrons. The number of benzene rings is 2. The SMILES string of the molecule is CCOC(=O)c1cc(-c2ccccc2)sc1NC(=S)Nc1ccc(OC)cc1C. The lowest BCUT2D eigenvalue weighted by atomic mass is 10.1. The van der Waals surface area contributed by atoms with Crippen molar-refractivity contribution < 1.29 is 14.3 Å². The Morgan fingerprint density at radius 1 is 1.10 bits per heavy atom. The number of carbonyl (C=O) groups is 1. The lowest BCUT2D eigenvalue weighted by Crippen LogP contribution is -2.20. The molecule has 0 aliphatic rings. The number of carbonyl (C=O) groups excluding carboxylic acids is 1. The van der Waals surface area contributed by atoms with E-state index < -0.39 is 0 Å². The second-order valence-electron chi connectivity index (χ2n) is 6.20. The van der Waals surface area contributed by atoms with Crippen molar-refractivity contribution in [3.8, 4) is 16.2 Å². The largest absolute Gasteiger partial charge is 0.497 e. The summed E-state index contributed by atoms with van der Waals surface area (Å²) >= 11 is 6.93. The quantitative estimate of drug-likeness (QED) is 0.388. The van der Waals surface area contributed by atoms with Crippen LogP contribution in [0.2, 0.25) is 0 Å². The van der Waals surface area contributed by atoms with Crippen LogP contribution in [-0.4, -0.2) is 24.8 Å². The fourth-order valence-electron chi connectivity index (χ4n) is 2.75. The zero-order valence-electron chi connectivity index (χ0n) is 16.4. The van der Waals surface area contributed by atoms with Crippen LogP contribution in [0.5, 0.6) is 5.75 Å². The maximum atomic E-state index is 12.4. The number of methoxy groups -OCH3 is 1. The van der Waals surface area contributed by atoms with E-state index in [9.17, 15) is 4.79 Å². The minimum Gasteiger partial charge on any atom is -0.497 e. The zero-order valence-corrected chi connectivity index (χ0v) is 18.1. The van der Waals surface area contributed by atoms with Crippen LogP contribution < -0.4 is 15.4 Å². The highest BCUT2D eigenvalue weighted by Crippen LogP contribution is 2.36. The van der Waals surface area contributed by atoms with E-state index in [1.807, 2.05) is 61.5 Å². The summed E-state index contributed by atoms with van der Waals surface area (Å²) in [4.78, 5) is 13.4. The van der Waals surface area contributed by atoms with Crippen molar-refractivity contribution in [2.45, 2.75) is 13.8 Å². The predicted molar refractivity (Wildman–Crippen MR) is 123 cm³/mol. The van der Waals surface area contributed by atoms with Gasteiger partial charge in [0.2, 0.25) is 0 Å². The molecule has 5 nitrogen and oxygen atoms in total. The highest BCUT2D eigenvalue weighted by Gasteiger charge is 2.19. The fourth-order valence-corrected chi connectivity index (χ4v) is 4.08. The summed E-state index contributed by atoms with van der Waals surface area (Å²) in [5.74, 6) is 0.402. The second kappa shape index (κ2) is 9.54. The molecule has 0 aliphatic heterocycles. The number of rotatable bonds is 6. The molecule has 0 bridgehead atoms. The molecule has 2 aromatic carbocycles. The molecule has 0 fully saturated rings. The average Bonchev–Trinajstić information content (AvgIpc) is 3.14. The Kier molecular flexibility index (Phi) is 6.85. The van der Waals surface area contributed by atoms with Crippen molar-refractivity contribution in [3.05, 3.63) is 65.7 Å². The summed E-state index contributed by atoms with van der Waals surface area (Å²) in [6.07, 6.45) is 0. The number of nitrogens with one attached hydrogen (secondary N) is 2. The van der Waals surface area contributed by atoms with Crippen LogP contribution in [0.25, 0.3) is 10.4 Å². The molecular formula is C22H22N2O3S2. The van der Waals surface area contributed by atoms with E-state index in [4.69, 9.17) is 21.7 Å². The molecule has 1 heterocycles. The Bertz CT molecular complexity index is 1020. The molecule has 0 amide bonds. The highest BCUT2D eigenvalue weighted by atomic mass is 32.1. The third kappa shape index (κ3) is 5.13. The van der Waals surface area contributed by atoms with Gasteiger partial charge >= 0.3 is 5.97 Å². The number of hydrogen-bond acceptors (Lipinski definition) is 5. The molecule has 0 unspecified atom stereocenters. The van der Waals surface area contributed by atoms with E-state index in [0.29, 0.717) is 22.3 Å². The third-order valence-corrected chi connectivity index (χ3v) is 5.50. The van der Waals surface area contributed by atoms with Crippen molar-refractivity contribution in [1.29, 1.82) is 0 Å². The molecule has 0 aliphatic carbocycles. The van der Waals surface area contributed by atoms with Crippen LogP contribution in [0.3, 0.4) is 0 Å². The molecule has 7 heteroatoms. The smallest absolute Gasteiger partial charge is 0.341 e. The maximum Gasteiger partial charge on any atom is 0.341 e. The Morgan fingerprint density at radius 2 is 1.86 bits per heavy atom.